The molecule has 3 aliphatic rings. The number of halogens is 2. The predicted octanol–water partition coefficient (Wildman–Crippen LogP) is 3.53. The first kappa shape index (κ1) is 21.8. The second-order valence-corrected chi connectivity index (χ2v) is 9.36. The molecule has 3 aromatic rings. The van der Waals surface area contributed by atoms with Crippen LogP contribution >= 0.6 is 0 Å². The van der Waals surface area contributed by atoms with Crippen LogP contribution in [0.1, 0.15) is 23.2 Å². The number of nitrogens with zero attached hydrogens (tertiary/aromatic N) is 5. The maximum atomic E-state index is 13.1. The molecule has 0 aliphatic carbocycles. The van der Waals surface area contributed by atoms with Crippen LogP contribution in [0.2, 0.25) is 0 Å². The van der Waals surface area contributed by atoms with Crippen molar-refractivity contribution in [2.24, 2.45) is 11.8 Å². The number of likely N-dealkylation sites (tertiary alicyclic amines) is 2. The van der Waals surface area contributed by atoms with Gasteiger partial charge in [-0.3, -0.25) is 4.79 Å². The Kier molecular flexibility index (Phi) is 6.01. The average Bonchev–Trinajstić information content (AvgIpc) is 3.58. The molecule has 33 heavy (non-hydrogen) atoms. The highest BCUT2D eigenvalue weighted by molar-refractivity contribution is 6.01. The van der Waals surface area contributed by atoms with Gasteiger partial charge in [-0.05, 0) is 68.1 Å². The number of carbonyl (C=O) groups is 1. The maximum absolute atomic E-state index is 13.1. The van der Waals surface area contributed by atoms with Crippen molar-refractivity contribution in [3.8, 4) is 0 Å². The smallest absolute Gasteiger partial charge is 0.257 e. The van der Waals surface area contributed by atoms with Crippen molar-refractivity contribution < 1.29 is 13.6 Å². The maximum Gasteiger partial charge on any atom is 0.257 e. The van der Waals surface area contributed by atoms with Gasteiger partial charge >= 0.3 is 0 Å². The second kappa shape index (κ2) is 9.09. The molecule has 6 rings (SSSR count). The molecule has 2 unspecified atom stereocenters. The summed E-state index contributed by atoms with van der Waals surface area (Å²) in [5, 5.41) is 4.41. The molecule has 3 fully saturated rings. The van der Waals surface area contributed by atoms with Gasteiger partial charge in [-0.1, -0.05) is 0 Å². The number of fused-ring (bicyclic) bond motifs is 2. The van der Waals surface area contributed by atoms with Gasteiger partial charge < -0.3 is 14.7 Å². The Balaban J connectivity index is 0.000000243. The van der Waals surface area contributed by atoms with Crippen LogP contribution in [0.5, 0.6) is 0 Å². The molecule has 0 saturated carbocycles. The third kappa shape index (κ3) is 4.57. The molecule has 2 aromatic heterocycles. The second-order valence-electron chi connectivity index (χ2n) is 9.36. The Morgan fingerprint density at radius 3 is 2.15 bits per heavy atom. The topological polar surface area (TPSA) is 44.1 Å². The zero-order chi connectivity index (χ0) is 22.9. The summed E-state index contributed by atoms with van der Waals surface area (Å²) in [6, 6.07) is 8.56. The van der Waals surface area contributed by atoms with Gasteiger partial charge in [0.15, 0.2) is 0 Å². The van der Waals surface area contributed by atoms with Gasteiger partial charge in [0.25, 0.3) is 5.91 Å². The lowest BCUT2D eigenvalue weighted by atomic mass is 10.0. The number of rotatable bonds is 2. The van der Waals surface area contributed by atoms with E-state index in [2.05, 4.69) is 34.1 Å². The number of anilines is 1. The van der Waals surface area contributed by atoms with Crippen LogP contribution in [0.25, 0.3) is 5.52 Å². The van der Waals surface area contributed by atoms with E-state index < -0.39 is 11.6 Å². The molecule has 6 nitrogen and oxygen atoms in total. The fraction of sp³-hybridized carbons (Fsp3) is 0.440. The first-order valence-corrected chi connectivity index (χ1v) is 11.6. The molecule has 0 N–H and O–H groups in total. The van der Waals surface area contributed by atoms with Crippen LogP contribution < -0.4 is 4.90 Å². The first-order chi connectivity index (χ1) is 16.0. The molecule has 174 valence electrons. The van der Waals surface area contributed by atoms with Crippen molar-refractivity contribution in [1.29, 1.82) is 0 Å². The highest BCUT2D eigenvalue weighted by Crippen LogP contribution is 2.32. The van der Waals surface area contributed by atoms with Crippen molar-refractivity contribution in [1.82, 2.24) is 19.4 Å². The van der Waals surface area contributed by atoms with E-state index in [0.29, 0.717) is 11.8 Å². The van der Waals surface area contributed by atoms with E-state index in [4.69, 9.17) is 0 Å². The molecule has 0 spiro atoms. The third-order valence-corrected chi connectivity index (χ3v) is 6.97. The lowest BCUT2D eigenvalue weighted by Gasteiger charge is -2.20. The fourth-order valence-corrected chi connectivity index (χ4v) is 5.30. The minimum absolute atomic E-state index is 0.144. The van der Waals surface area contributed by atoms with Gasteiger partial charge in [0.1, 0.15) is 11.6 Å². The molecule has 8 heteroatoms. The highest BCUT2D eigenvalue weighted by atomic mass is 19.1. The summed E-state index contributed by atoms with van der Waals surface area (Å²) in [6.45, 7) is 6.21. The number of hydrogen-bond acceptors (Lipinski definition) is 4. The summed E-state index contributed by atoms with van der Waals surface area (Å²) in [6.07, 6.45) is 6.22. The van der Waals surface area contributed by atoms with Crippen molar-refractivity contribution >= 4 is 17.1 Å². The molecule has 0 radical (unpaired) electrons. The Morgan fingerprint density at radius 1 is 0.939 bits per heavy atom. The van der Waals surface area contributed by atoms with E-state index in [1.807, 2.05) is 15.6 Å². The van der Waals surface area contributed by atoms with E-state index >= 15 is 0 Å². The number of aromatic nitrogens is 2. The largest absolute Gasteiger partial charge is 0.371 e. The summed E-state index contributed by atoms with van der Waals surface area (Å²) < 4.78 is 25.7. The number of hydrogen-bond donors (Lipinski definition) is 0. The lowest BCUT2D eigenvalue weighted by Crippen LogP contribution is -2.32. The van der Waals surface area contributed by atoms with Crippen LogP contribution in [0, 0.1) is 23.5 Å². The number of amides is 1. The van der Waals surface area contributed by atoms with E-state index in [1.165, 1.54) is 18.5 Å². The third-order valence-electron chi connectivity index (χ3n) is 6.97. The van der Waals surface area contributed by atoms with Crippen molar-refractivity contribution in [3.63, 3.8) is 0 Å². The summed E-state index contributed by atoms with van der Waals surface area (Å²) in [7, 11) is 2.18. The Hall–Kier alpha value is -3.00. The monoisotopic (exact) mass is 453 g/mol. The van der Waals surface area contributed by atoms with Crippen molar-refractivity contribution in [2.45, 2.75) is 12.8 Å². The summed E-state index contributed by atoms with van der Waals surface area (Å²) >= 11 is 0. The van der Waals surface area contributed by atoms with Gasteiger partial charge in [-0.15, -0.1) is 0 Å². The van der Waals surface area contributed by atoms with Crippen LogP contribution in [0.3, 0.4) is 0 Å². The molecule has 3 saturated heterocycles. The predicted molar refractivity (Wildman–Crippen MR) is 123 cm³/mol. The average molecular weight is 454 g/mol. The lowest BCUT2D eigenvalue weighted by molar-refractivity contribution is 0.0778. The molecule has 2 atom stereocenters. The summed E-state index contributed by atoms with van der Waals surface area (Å²) in [4.78, 5) is 19.9. The number of benzene rings is 1. The van der Waals surface area contributed by atoms with Crippen molar-refractivity contribution in [3.05, 3.63) is 66.0 Å². The van der Waals surface area contributed by atoms with E-state index in [9.17, 15) is 13.6 Å². The Morgan fingerprint density at radius 2 is 1.55 bits per heavy atom. The summed E-state index contributed by atoms with van der Waals surface area (Å²) in [5.41, 5.74) is 2.89. The van der Waals surface area contributed by atoms with Gasteiger partial charge in [0.05, 0.1) is 17.3 Å². The van der Waals surface area contributed by atoms with E-state index in [1.54, 1.807) is 6.20 Å². The normalized spacial score (nSPS) is 22.5. The minimum atomic E-state index is -0.411. The zero-order valence-corrected chi connectivity index (χ0v) is 18.8. The molecule has 5 heterocycles. The molecule has 1 aromatic carbocycles. The van der Waals surface area contributed by atoms with Gasteiger partial charge in [-0.2, -0.15) is 5.10 Å². The van der Waals surface area contributed by atoms with Crippen LogP contribution in [-0.2, 0) is 0 Å². The van der Waals surface area contributed by atoms with Gasteiger partial charge in [0.2, 0.25) is 0 Å². The molecular formula is C25H29F2N5O. The standard InChI is InChI=1S/C19H25N5O.C6H4F2/c1-21-10-14-12-23(13-15(14)11-21)19(25)17-9-20-24-7-4-16(8-18(17)24)22-5-2-3-6-22;7-5-1-2-6(8)4-3-5/h4,7-9,14-15H,2-3,5-6,10-13H2,1H3;1-4H. The SMILES string of the molecule is CN1CC2CN(C(=O)c3cnn4ccc(N5CCCC5)cc34)CC2C1.Fc1ccc(F)cc1. The Bertz CT molecular complexity index is 1090. The van der Waals surface area contributed by atoms with Gasteiger partial charge in [0, 0.05) is 51.2 Å². The molecule has 0 bridgehead atoms. The van der Waals surface area contributed by atoms with E-state index in [0.717, 1.165) is 74.6 Å². The van der Waals surface area contributed by atoms with Crippen LogP contribution in [-0.4, -0.2) is 71.6 Å². The van der Waals surface area contributed by atoms with Gasteiger partial charge in [-0.25, -0.2) is 13.3 Å². The van der Waals surface area contributed by atoms with Crippen LogP contribution in [0.15, 0.2) is 48.8 Å². The fourth-order valence-electron chi connectivity index (χ4n) is 5.30. The molecular weight excluding hydrogens is 424 g/mol. The first-order valence-electron chi connectivity index (χ1n) is 11.6. The Labute approximate surface area is 192 Å². The van der Waals surface area contributed by atoms with Crippen molar-refractivity contribution in [2.75, 3.05) is 51.2 Å². The zero-order valence-electron chi connectivity index (χ0n) is 18.8. The molecule has 3 aliphatic heterocycles. The summed E-state index contributed by atoms with van der Waals surface area (Å²) in [5.74, 6) is 0.593. The van der Waals surface area contributed by atoms with Crippen LogP contribution in [0.4, 0.5) is 14.5 Å². The number of pyridine rings is 1. The van der Waals surface area contributed by atoms with E-state index in [-0.39, 0.29) is 5.91 Å². The quantitative estimate of drug-likeness (QED) is 0.596. The molecule has 1 amide bonds. The highest BCUT2D eigenvalue weighted by Gasteiger charge is 2.40. The number of carbonyl (C=O) groups excluding carboxylic acids is 1. The minimum Gasteiger partial charge on any atom is -0.371 e.